The molecule has 2 aliphatic rings. The zero-order chi connectivity index (χ0) is 54.7. The van der Waals surface area contributed by atoms with Crippen molar-refractivity contribution in [3.8, 4) is 12.8 Å². The summed E-state index contributed by atoms with van der Waals surface area (Å²) in [5.74, 6) is -2.80. The number of terminal acetylenes is 1. The SMILES string of the molecule is CC(C)(C)OC(=O)N1CCN(C(=O)OCc2ccccc2)C(C(=O)Nc2ccccc2F)C1.CC(C)(C)OC(=O)N1CCN(C(=O)OCc2ccccc2)C(C(=O)O)C1.ClCCl.Nc1ccccc1F.[2H]C#C. The van der Waals surface area contributed by atoms with Crippen molar-refractivity contribution in [1.29, 1.82) is 0 Å². The molecule has 0 bridgehead atoms. The molecule has 390 valence electrons. The number of hydrogen-bond acceptors (Lipinski definition) is 11. The molecule has 21 heteroatoms. The van der Waals surface area contributed by atoms with E-state index in [-0.39, 0.29) is 75.0 Å². The Balaban J connectivity index is 0.000000402. The molecule has 0 saturated carbocycles. The number of hydrogen-bond donors (Lipinski definition) is 3. The summed E-state index contributed by atoms with van der Waals surface area (Å²) in [4.78, 5) is 79.5. The highest BCUT2D eigenvalue weighted by atomic mass is 35.5. The van der Waals surface area contributed by atoms with Gasteiger partial charge in [0.15, 0.2) is 6.04 Å². The van der Waals surface area contributed by atoms with E-state index in [1.807, 2.05) is 60.7 Å². The lowest BCUT2D eigenvalue weighted by Gasteiger charge is -2.40. The van der Waals surface area contributed by atoms with Crippen molar-refractivity contribution in [3.63, 3.8) is 0 Å². The highest BCUT2D eigenvalue weighted by Gasteiger charge is 2.41. The average molecular weight is 1040 g/mol. The molecule has 2 fully saturated rings. The number of alkyl halides is 2. The Morgan fingerprint density at radius 2 is 1.03 bits per heavy atom. The number of nitrogens with one attached hydrogen (secondary N) is 1. The Kier molecular flexibility index (Phi) is 24.9. The summed E-state index contributed by atoms with van der Waals surface area (Å²) in [7, 11) is 0. The molecule has 2 saturated heterocycles. The van der Waals surface area contributed by atoms with Crippen LogP contribution in [0.25, 0.3) is 0 Å². The second kappa shape index (κ2) is 30.4. The molecule has 4 N–H and O–H groups in total. The van der Waals surface area contributed by atoms with Crippen molar-refractivity contribution < 1.29 is 63.0 Å². The van der Waals surface area contributed by atoms with Crippen molar-refractivity contribution in [2.45, 2.75) is 78.0 Å². The molecule has 2 aliphatic heterocycles. The van der Waals surface area contributed by atoms with Gasteiger partial charge in [0.25, 0.3) is 0 Å². The number of carboxylic acid groups (broad SMARTS) is 1. The summed E-state index contributed by atoms with van der Waals surface area (Å²) in [5, 5.41) is 12.1. The summed E-state index contributed by atoms with van der Waals surface area (Å²) in [6, 6.07) is 27.8. The molecule has 2 heterocycles. The largest absolute Gasteiger partial charge is 0.480 e. The summed E-state index contributed by atoms with van der Waals surface area (Å²) < 4.78 is 53.3. The number of anilines is 2. The van der Waals surface area contributed by atoms with Gasteiger partial charge in [0, 0.05) is 26.2 Å². The number of piperazine rings is 2. The summed E-state index contributed by atoms with van der Waals surface area (Å²) in [5.41, 5.74) is 5.54. The minimum atomic E-state index is -1.20. The number of benzene rings is 4. The van der Waals surface area contributed by atoms with Crippen LogP contribution in [-0.2, 0) is 41.8 Å². The number of para-hydroxylation sites is 2. The van der Waals surface area contributed by atoms with E-state index in [9.17, 15) is 42.7 Å². The number of nitrogen functional groups attached to an aromatic ring is 1. The standard InChI is InChI=1S/C24H28FN3O5.C18H24N2O6.C6H6FN.C2H2.CH2Cl2/c1-24(2,3)33-22(30)27-13-14-28(23(31)32-16-17-9-5-4-6-10-17)20(15-27)21(29)26-19-12-8-7-11-18(19)25;1-18(2,3)26-16(23)19-9-10-20(14(11-19)15(21)22)17(24)25-12-13-7-5-4-6-8-13;7-5-3-1-2-4-6(5)8;1-2;2-1-3/h4-12,20H,13-16H2,1-3H3,(H,26,29);4-8,14H,9-12H2,1-3H3,(H,21,22);1-4H,8H2;1-2H;1H2/i;;;1D;. The highest BCUT2D eigenvalue weighted by molar-refractivity contribution is 6.40. The first-order chi connectivity index (χ1) is 34.4. The quantitative estimate of drug-likeness (QED) is 0.0684. The van der Waals surface area contributed by atoms with E-state index in [0.29, 0.717) is 0 Å². The summed E-state index contributed by atoms with van der Waals surface area (Å²) in [6.07, 6.45) is 3.16. The second-order valence-electron chi connectivity index (χ2n) is 17.3. The fraction of sp³-hybridized carbons (Fsp3) is 0.373. The number of nitrogens with zero attached hydrogens (tertiary/aromatic N) is 4. The van der Waals surface area contributed by atoms with Crippen LogP contribution in [0.15, 0.2) is 109 Å². The third-order valence-corrected chi connectivity index (χ3v) is 9.57. The molecule has 17 nitrogen and oxygen atoms in total. The maximum atomic E-state index is 14.1. The molecule has 2 unspecified atom stereocenters. The van der Waals surface area contributed by atoms with Gasteiger partial charge in [-0.1, -0.05) is 84.9 Å². The molecule has 72 heavy (non-hydrogen) atoms. The number of carbonyl (C=O) groups excluding carboxylic acids is 5. The normalized spacial score (nSPS) is 15.2. The maximum Gasteiger partial charge on any atom is 0.410 e. The molecule has 6 rings (SSSR count). The van der Waals surface area contributed by atoms with Gasteiger partial charge >= 0.3 is 30.3 Å². The summed E-state index contributed by atoms with van der Waals surface area (Å²) in [6.45, 7) is 10.7. The predicted molar refractivity (Wildman–Crippen MR) is 270 cm³/mol. The van der Waals surface area contributed by atoms with Crippen LogP contribution in [0.4, 0.5) is 39.3 Å². The van der Waals surface area contributed by atoms with Crippen LogP contribution < -0.4 is 11.1 Å². The molecule has 0 radical (unpaired) electrons. The van der Waals surface area contributed by atoms with Gasteiger partial charge in [-0.15, -0.1) is 36.0 Å². The van der Waals surface area contributed by atoms with E-state index in [4.69, 9.17) is 49.3 Å². The van der Waals surface area contributed by atoms with Crippen LogP contribution in [0.3, 0.4) is 0 Å². The molecule has 5 amide bonds. The first kappa shape index (κ1) is 59.0. The Morgan fingerprint density at radius 1 is 0.653 bits per heavy atom. The molecular formula is C51H62Cl2F2N6O11. The van der Waals surface area contributed by atoms with Crippen LogP contribution in [0, 0.1) is 24.5 Å². The van der Waals surface area contributed by atoms with Crippen LogP contribution in [0.2, 0.25) is 0 Å². The lowest BCUT2D eigenvalue weighted by Crippen LogP contribution is -2.61. The van der Waals surface area contributed by atoms with Gasteiger partial charge in [-0.05, 0) is 76.9 Å². The van der Waals surface area contributed by atoms with Crippen LogP contribution in [0.5, 0.6) is 0 Å². The zero-order valence-electron chi connectivity index (χ0n) is 41.9. The van der Waals surface area contributed by atoms with Gasteiger partial charge in [0.1, 0.15) is 43.5 Å². The Bertz CT molecular complexity index is 2410. The Hall–Kier alpha value is -7.30. The number of aliphatic carboxylic acids is 1. The van der Waals surface area contributed by atoms with Gasteiger partial charge in [0.05, 0.1) is 29.8 Å². The molecule has 0 aromatic heterocycles. The molecule has 0 aliphatic carbocycles. The topological polar surface area (TPSA) is 211 Å². The van der Waals surface area contributed by atoms with Gasteiger partial charge in [0.2, 0.25) is 5.91 Å². The fourth-order valence-corrected chi connectivity index (χ4v) is 6.28. The van der Waals surface area contributed by atoms with E-state index >= 15 is 0 Å². The number of rotatable bonds is 7. The maximum absolute atomic E-state index is 14.1. The first-order valence-corrected chi connectivity index (χ1v) is 23.2. The van der Waals surface area contributed by atoms with Gasteiger partial charge in [-0.25, -0.2) is 32.8 Å². The second-order valence-corrected chi connectivity index (χ2v) is 18.1. The lowest BCUT2D eigenvalue weighted by molar-refractivity contribution is -0.144. The average Bonchev–Trinajstić information content (AvgIpc) is 3.34. The highest BCUT2D eigenvalue weighted by Crippen LogP contribution is 2.21. The minimum absolute atomic E-state index is 0.0190. The zero-order valence-corrected chi connectivity index (χ0v) is 42.4. The van der Waals surface area contributed by atoms with E-state index in [0.717, 1.165) is 16.0 Å². The molecule has 2 atom stereocenters. The molecular weight excluding hydrogens is 981 g/mol. The number of halogens is 4. The minimum Gasteiger partial charge on any atom is -0.480 e. The Labute approximate surface area is 430 Å². The van der Waals surface area contributed by atoms with E-state index < -0.39 is 65.4 Å². The third kappa shape index (κ3) is 21.8. The number of carbonyl (C=O) groups is 6. The van der Waals surface area contributed by atoms with E-state index in [1.54, 1.807) is 59.7 Å². The van der Waals surface area contributed by atoms with E-state index in [1.165, 1.54) is 51.4 Å². The van der Waals surface area contributed by atoms with Crippen LogP contribution in [0.1, 0.15) is 54.0 Å². The van der Waals surface area contributed by atoms with Crippen molar-refractivity contribution >= 4 is 70.8 Å². The lowest BCUT2D eigenvalue weighted by atomic mass is 10.1. The smallest absolute Gasteiger partial charge is 0.410 e. The van der Waals surface area contributed by atoms with Crippen LogP contribution >= 0.6 is 23.2 Å². The van der Waals surface area contributed by atoms with Crippen molar-refractivity contribution in [2.24, 2.45) is 0 Å². The van der Waals surface area contributed by atoms with Crippen molar-refractivity contribution in [1.82, 2.24) is 19.6 Å². The van der Waals surface area contributed by atoms with Gasteiger partial charge < -0.3 is 44.9 Å². The predicted octanol–water partition coefficient (Wildman–Crippen LogP) is 9.43. The third-order valence-electron chi connectivity index (χ3n) is 9.57. The van der Waals surface area contributed by atoms with Crippen LogP contribution in [-0.4, -0.2) is 129 Å². The monoisotopic (exact) mass is 1040 g/mol. The number of carboxylic acids is 1. The Morgan fingerprint density at radius 3 is 1.40 bits per heavy atom. The molecule has 4 aromatic carbocycles. The molecule has 4 aromatic rings. The number of nitrogens with two attached hydrogens (primary N) is 1. The number of ether oxygens (including phenoxy) is 4. The van der Waals surface area contributed by atoms with Crippen molar-refractivity contribution in [3.05, 3.63) is 132 Å². The van der Waals surface area contributed by atoms with Gasteiger partial charge in [-0.3, -0.25) is 14.6 Å². The molecule has 0 spiro atoms. The first-order valence-electron chi connectivity index (χ1n) is 22.6. The fourth-order valence-electron chi connectivity index (χ4n) is 6.28. The number of amides is 5. The van der Waals surface area contributed by atoms with Crippen molar-refractivity contribution in [2.75, 3.05) is 55.7 Å². The van der Waals surface area contributed by atoms with E-state index in [2.05, 4.69) is 11.7 Å². The van der Waals surface area contributed by atoms with Gasteiger partial charge in [-0.2, -0.15) is 0 Å². The summed E-state index contributed by atoms with van der Waals surface area (Å²) >= 11 is 9.53.